The number of aromatic hydroxyl groups is 1. The molecule has 0 spiro atoms. The summed E-state index contributed by atoms with van der Waals surface area (Å²) < 4.78 is 10.9. The lowest BCUT2D eigenvalue weighted by Gasteiger charge is -2.15. The van der Waals surface area contributed by atoms with Crippen LogP contribution in [-0.2, 0) is 0 Å². The summed E-state index contributed by atoms with van der Waals surface area (Å²) in [6.07, 6.45) is -0.698. The summed E-state index contributed by atoms with van der Waals surface area (Å²) in [5.41, 5.74) is 12.3. The van der Waals surface area contributed by atoms with E-state index in [1.807, 2.05) is 0 Å². The molecule has 0 aliphatic heterocycles. The molecule has 2 aromatic carbocycles. The van der Waals surface area contributed by atoms with Crippen molar-refractivity contribution in [2.24, 2.45) is 0 Å². The van der Waals surface area contributed by atoms with Crippen molar-refractivity contribution in [1.82, 2.24) is 5.32 Å². The molecular weight excluding hydrogens is 310 g/mol. The molecule has 7 N–H and O–H groups in total. The zero-order valence-corrected chi connectivity index (χ0v) is 13.3. The van der Waals surface area contributed by atoms with Gasteiger partial charge in [0.25, 0.3) is 0 Å². The van der Waals surface area contributed by atoms with E-state index in [-0.39, 0.29) is 12.4 Å². The van der Waals surface area contributed by atoms with Gasteiger partial charge in [-0.25, -0.2) is 0 Å². The van der Waals surface area contributed by atoms with Crippen LogP contribution in [0.3, 0.4) is 0 Å². The number of para-hydroxylation sites is 3. The Morgan fingerprint density at radius 1 is 1.00 bits per heavy atom. The summed E-state index contributed by atoms with van der Waals surface area (Å²) in [6.45, 7) is 1.33. The maximum atomic E-state index is 9.89. The van der Waals surface area contributed by atoms with E-state index >= 15 is 0 Å². The average Bonchev–Trinajstić information content (AvgIpc) is 2.57. The SMILES string of the molecule is Nc1cccc(OCC(O)CNCCOc2ccccc2O)c1N. The highest BCUT2D eigenvalue weighted by Crippen LogP contribution is 2.26. The van der Waals surface area contributed by atoms with E-state index in [0.29, 0.717) is 42.6 Å². The Labute approximate surface area is 140 Å². The standard InChI is InChI=1S/C17H23N3O4/c18-13-4-3-7-16(17(13)19)24-11-12(21)10-20-8-9-23-15-6-2-1-5-14(15)22/h1-7,12,20-22H,8-11,18-19H2. The fourth-order valence-corrected chi connectivity index (χ4v) is 2.01. The highest BCUT2D eigenvalue weighted by Gasteiger charge is 2.08. The number of hydrogen-bond donors (Lipinski definition) is 5. The van der Waals surface area contributed by atoms with Crippen LogP contribution in [0.25, 0.3) is 0 Å². The molecule has 2 aromatic rings. The van der Waals surface area contributed by atoms with Crippen LogP contribution in [0.15, 0.2) is 42.5 Å². The van der Waals surface area contributed by atoms with Crippen LogP contribution in [0.4, 0.5) is 11.4 Å². The fourth-order valence-electron chi connectivity index (χ4n) is 2.01. The minimum absolute atomic E-state index is 0.0982. The molecular formula is C17H23N3O4. The maximum absolute atomic E-state index is 9.89. The highest BCUT2D eigenvalue weighted by atomic mass is 16.5. The molecule has 0 heterocycles. The van der Waals surface area contributed by atoms with E-state index in [1.165, 1.54) is 0 Å². The van der Waals surface area contributed by atoms with Crippen molar-refractivity contribution in [3.8, 4) is 17.2 Å². The largest absolute Gasteiger partial charge is 0.504 e. The molecule has 0 fully saturated rings. The van der Waals surface area contributed by atoms with Crippen LogP contribution in [0, 0.1) is 0 Å². The van der Waals surface area contributed by atoms with Gasteiger partial charge in [-0.2, -0.15) is 0 Å². The third kappa shape index (κ3) is 5.22. The number of anilines is 2. The van der Waals surface area contributed by atoms with Crippen molar-refractivity contribution >= 4 is 11.4 Å². The van der Waals surface area contributed by atoms with Gasteiger partial charge in [-0.05, 0) is 24.3 Å². The minimum Gasteiger partial charge on any atom is -0.504 e. The van der Waals surface area contributed by atoms with Crippen LogP contribution < -0.4 is 26.3 Å². The molecule has 0 amide bonds. The Morgan fingerprint density at radius 2 is 1.75 bits per heavy atom. The van der Waals surface area contributed by atoms with Gasteiger partial charge in [0.15, 0.2) is 11.5 Å². The lowest BCUT2D eigenvalue weighted by molar-refractivity contribution is 0.106. The number of hydrogen-bond acceptors (Lipinski definition) is 7. The fraction of sp³-hybridized carbons (Fsp3) is 0.294. The van der Waals surface area contributed by atoms with E-state index < -0.39 is 6.10 Å². The first kappa shape index (κ1) is 17.7. The van der Waals surface area contributed by atoms with Crippen molar-refractivity contribution in [2.45, 2.75) is 6.10 Å². The molecule has 130 valence electrons. The van der Waals surface area contributed by atoms with Crippen molar-refractivity contribution < 1.29 is 19.7 Å². The van der Waals surface area contributed by atoms with Crippen LogP contribution in [-0.4, -0.2) is 42.6 Å². The topological polar surface area (TPSA) is 123 Å². The van der Waals surface area contributed by atoms with Crippen LogP contribution >= 0.6 is 0 Å². The van der Waals surface area contributed by atoms with Crippen LogP contribution in [0.5, 0.6) is 17.2 Å². The van der Waals surface area contributed by atoms with Gasteiger partial charge in [0.1, 0.15) is 25.1 Å². The third-order valence-electron chi connectivity index (χ3n) is 3.31. The Hall–Kier alpha value is -2.64. The van der Waals surface area contributed by atoms with Crippen molar-refractivity contribution in [3.63, 3.8) is 0 Å². The predicted octanol–water partition coefficient (Wildman–Crippen LogP) is 0.965. The first-order valence-electron chi connectivity index (χ1n) is 7.64. The number of benzene rings is 2. The summed E-state index contributed by atoms with van der Waals surface area (Å²) in [5.74, 6) is 0.989. The number of phenolic OH excluding ortho intramolecular Hbond substituents is 1. The van der Waals surface area contributed by atoms with Gasteiger partial charge in [-0.15, -0.1) is 0 Å². The molecule has 1 unspecified atom stereocenters. The second-order valence-corrected chi connectivity index (χ2v) is 5.24. The summed E-state index contributed by atoms with van der Waals surface area (Å²) in [6, 6.07) is 11.9. The van der Waals surface area contributed by atoms with E-state index in [0.717, 1.165) is 0 Å². The Kier molecular flexibility index (Phi) is 6.53. The second kappa shape index (κ2) is 8.85. The van der Waals surface area contributed by atoms with Gasteiger partial charge >= 0.3 is 0 Å². The molecule has 1 atom stereocenters. The Morgan fingerprint density at radius 3 is 2.54 bits per heavy atom. The number of ether oxygens (including phenoxy) is 2. The number of nitrogens with two attached hydrogens (primary N) is 2. The molecule has 24 heavy (non-hydrogen) atoms. The number of nitrogen functional groups attached to an aromatic ring is 2. The summed E-state index contributed by atoms with van der Waals surface area (Å²) in [7, 11) is 0. The van der Waals surface area contributed by atoms with Crippen LogP contribution in [0.2, 0.25) is 0 Å². The molecule has 0 aromatic heterocycles. The summed E-state index contributed by atoms with van der Waals surface area (Å²) in [5, 5.41) is 22.5. The third-order valence-corrected chi connectivity index (χ3v) is 3.31. The Bertz CT molecular complexity index is 651. The lowest BCUT2D eigenvalue weighted by atomic mass is 10.2. The van der Waals surface area contributed by atoms with Gasteiger partial charge in [-0.3, -0.25) is 0 Å². The quantitative estimate of drug-likeness (QED) is 0.342. The van der Waals surface area contributed by atoms with Gasteiger partial charge in [0, 0.05) is 13.1 Å². The molecule has 0 aliphatic carbocycles. The summed E-state index contributed by atoms with van der Waals surface area (Å²) in [4.78, 5) is 0. The number of aliphatic hydroxyl groups excluding tert-OH is 1. The molecule has 0 saturated carbocycles. The number of aliphatic hydroxyl groups is 1. The molecule has 0 aliphatic rings. The monoisotopic (exact) mass is 333 g/mol. The van der Waals surface area contributed by atoms with Crippen LogP contribution in [0.1, 0.15) is 0 Å². The van der Waals surface area contributed by atoms with Crippen molar-refractivity contribution in [3.05, 3.63) is 42.5 Å². The highest BCUT2D eigenvalue weighted by molar-refractivity contribution is 5.70. The predicted molar refractivity (Wildman–Crippen MR) is 93.2 cm³/mol. The first-order chi connectivity index (χ1) is 11.6. The molecule has 0 bridgehead atoms. The number of phenols is 1. The Balaban J connectivity index is 1.62. The number of nitrogens with one attached hydrogen (secondary N) is 1. The van der Waals surface area contributed by atoms with Gasteiger partial charge in [-0.1, -0.05) is 18.2 Å². The maximum Gasteiger partial charge on any atom is 0.160 e. The molecule has 7 heteroatoms. The first-order valence-corrected chi connectivity index (χ1v) is 7.64. The van der Waals surface area contributed by atoms with E-state index in [4.69, 9.17) is 20.9 Å². The second-order valence-electron chi connectivity index (χ2n) is 5.24. The molecule has 7 nitrogen and oxygen atoms in total. The van der Waals surface area contributed by atoms with E-state index in [9.17, 15) is 10.2 Å². The zero-order chi connectivity index (χ0) is 17.4. The summed E-state index contributed by atoms with van der Waals surface area (Å²) >= 11 is 0. The average molecular weight is 333 g/mol. The van der Waals surface area contributed by atoms with Crippen molar-refractivity contribution in [2.75, 3.05) is 37.8 Å². The number of rotatable bonds is 9. The van der Waals surface area contributed by atoms with Gasteiger partial charge in [0.05, 0.1) is 11.4 Å². The molecule has 2 rings (SSSR count). The zero-order valence-electron chi connectivity index (χ0n) is 13.3. The minimum atomic E-state index is -0.698. The van der Waals surface area contributed by atoms with Gasteiger partial charge in [0.2, 0.25) is 0 Å². The van der Waals surface area contributed by atoms with E-state index in [1.54, 1.807) is 42.5 Å². The van der Waals surface area contributed by atoms with Gasteiger partial charge < -0.3 is 36.5 Å². The lowest BCUT2D eigenvalue weighted by Crippen LogP contribution is -2.33. The smallest absolute Gasteiger partial charge is 0.160 e. The van der Waals surface area contributed by atoms with Crippen molar-refractivity contribution in [1.29, 1.82) is 0 Å². The molecule has 0 saturated heterocycles. The van der Waals surface area contributed by atoms with E-state index in [2.05, 4.69) is 5.32 Å². The normalized spacial score (nSPS) is 11.9. The molecule has 0 radical (unpaired) electrons.